The molecule has 0 heterocycles. The first-order valence-electron chi connectivity index (χ1n) is 6.66. The largest absolute Gasteiger partial charge is 0.113 e. The molecular formula is C17H16BrCl. The highest BCUT2D eigenvalue weighted by Gasteiger charge is 2.16. The van der Waals surface area contributed by atoms with Gasteiger partial charge in [-0.25, -0.2) is 0 Å². The number of hydrogen-bond acceptors (Lipinski definition) is 0. The first-order valence-corrected chi connectivity index (χ1v) is 7.89. The van der Waals surface area contributed by atoms with Crippen LogP contribution in [0.4, 0.5) is 0 Å². The van der Waals surface area contributed by atoms with Crippen LogP contribution in [0.15, 0.2) is 40.9 Å². The van der Waals surface area contributed by atoms with Gasteiger partial charge in [0.25, 0.3) is 0 Å². The Morgan fingerprint density at radius 1 is 1.00 bits per heavy atom. The molecule has 0 bridgehead atoms. The fourth-order valence-corrected chi connectivity index (χ4v) is 3.74. The lowest BCUT2D eigenvalue weighted by atomic mass is 9.99. The standard InChI is InChI=1S/C17H16BrCl/c1-11-7-15(10-16(18)8-11)17(19)14-6-5-12-3-2-4-13(12)9-14/h5-10,17H,2-4H2,1H3. The van der Waals surface area contributed by atoms with E-state index in [1.165, 1.54) is 41.5 Å². The van der Waals surface area contributed by atoms with Crippen LogP contribution in [0.25, 0.3) is 0 Å². The van der Waals surface area contributed by atoms with Crippen LogP contribution in [0.5, 0.6) is 0 Å². The van der Waals surface area contributed by atoms with Crippen LogP contribution in [0.2, 0.25) is 0 Å². The Labute approximate surface area is 127 Å². The minimum Gasteiger partial charge on any atom is -0.113 e. The Bertz CT molecular complexity index is 598. The summed E-state index contributed by atoms with van der Waals surface area (Å²) in [6.45, 7) is 2.10. The zero-order valence-corrected chi connectivity index (χ0v) is 13.3. The zero-order chi connectivity index (χ0) is 13.4. The van der Waals surface area contributed by atoms with Gasteiger partial charge in [-0.3, -0.25) is 0 Å². The van der Waals surface area contributed by atoms with E-state index in [2.05, 4.69) is 59.3 Å². The predicted molar refractivity (Wildman–Crippen MR) is 85.0 cm³/mol. The van der Waals surface area contributed by atoms with Crippen molar-refractivity contribution in [1.82, 2.24) is 0 Å². The third kappa shape index (κ3) is 2.73. The number of alkyl halides is 1. The molecule has 1 atom stereocenters. The predicted octanol–water partition coefficient (Wildman–Crippen LogP) is 5.57. The van der Waals surface area contributed by atoms with E-state index in [1.54, 1.807) is 0 Å². The Morgan fingerprint density at radius 2 is 1.79 bits per heavy atom. The van der Waals surface area contributed by atoms with Gasteiger partial charge in [0, 0.05) is 4.47 Å². The van der Waals surface area contributed by atoms with Crippen molar-refractivity contribution in [2.75, 3.05) is 0 Å². The number of benzene rings is 2. The molecule has 0 radical (unpaired) electrons. The highest BCUT2D eigenvalue weighted by atomic mass is 79.9. The monoisotopic (exact) mass is 334 g/mol. The molecule has 1 aliphatic carbocycles. The lowest BCUT2D eigenvalue weighted by molar-refractivity contribution is 0.911. The minimum absolute atomic E-state index is 0.0675. The van der Waals surface area contributed by atoms with Crippen molar-refractivity contribution in [3.05, 3.63) is 68.7 Å². The van der Waals surface area contributed by atoms with Gasteiger partial charge in [0.1, 0.15) is 0 Å². The van der Waals surface area contributed by atoms with Crippen LogP contribution < -0.4 is 0 Å². The molecule has 98 valence electrons. The van der Waals surface area contributed by atoms with Gasteiger partial charge < -0.3 is 0 Å². The molecule has 3 rings (SSSR count). The number of hydrogen-bond donors (Lipinski definition) is 0. The van der Waals surface area contributed by atoms with E-state index in [1.807, 2.05) is 0 Å². The van der Waals surface area contributed by atoms with Crippen LogP contribution in [0, 0.1) is 6.92 Å². The third-order valence-electron chi connectivity index (χ3n) is 3.77. The molecule has 0 saturated heterocycles. The Morgan fingerprint density at radius 3 is 2.58 bits per heavy atom. The van der Waals surface area contributed by atoms with Gasteiger partial charge in [-0.05, 0) is 66.1 Å². The van der Waals surface area contributed by atoms with Crippen molar-refractivity contribution < 1.29 is 0 Å². The summed E-state index contributed by atoms with van der Waals surface area (Å²) in [4.78, 5) is 0. The van der Waals surface area contributed by atoms with Crippen molar-refractivity contribution in [2.24, 2.45) is 0 Å². The molecule has 1 unspecified atom stereocenters. The molecule has 1 aliphatic rings. The van der Waals surface area contributed by atoms with Gasteiger partial charge in [-0.2, -0.15) is 0 Å². The summed E-state index contributed by atoms with van der Waals surface area (Å²) < 4.78 is 1.09. The van der Waals surface area contributed by atoms with Crippen LogP contribution in [0.3, 0.4) is 0 Å². The topological polar surface area (TPSA) is 0 Å². The van der Waals surface area contributed by atoms with Crippen LogP contribution in [-0.2, 0) is 12.8 Å². The maximum absolute atomic E-state index is 6.66. The summed E-state index contributed by atoms with van der Waals surface area (Å²) in [5, 5.41) is -0.0675. The molecule has 0 fully saturated rings. The van der Waals surface area contributed by atoms with E-state index in [-0.39, 0.29) is 5.38 Å². The zero-order valence-electron chi connectivity index (χ0n) is 10.9. The van der Waals surface area contributed by atoms with E-state index >= 15 is 0 Å². The molecule has 0 saturated carbocycles. The first-order chi connectivity index (χ1) is 9.13. The highest BCUT2D eigenvalue weighted by Crippen LogP contribution is 2.34. The maximum atomic E-state index is 6.66. The second kappa shape index (κ2) is 5.30. The van der Waals surface area contributed by atoms with Crippen LogP contribution in [0.1, 0.15) is 39.6 Å². The van der Waals surface area contributed by atoms with Crippen molar-refractivity contribution in [2.45, 2.75) is 31.6 Å². The van der Waals surface area contributed by atoms with Gasteiger partial charge in [0.2, 0.25) is 0 Å². The molecule has 0 N–H and O–H groups in total. The van der Waals surface area contributed by atoms with Crippen molar-refractivity contribution in [1.29, 1.82) is 0 Å². The smallest absolute Gasteiger partial charge is 0.0836 e. The number of aryl methyl sites for hydroxylation is 3. The minimum atomic E-state index is -0.0675. The number of fused-ring (bicyclic) bond motifs is 1. The first kappa shape index (κ1) is 13.2. The van der Waals surface area contributed by atoms with E-state index in [0.29, 0.717) is 0 Å². The number of rotatable bonds is 2. The molecule has 19 heavy (non-hydrogen) atoms. The lowest BCUT2D eigenvalue weighted by Gasteiger charge is -2.13. The maximum Gasteiger partial charge on any atom is 0.0836 e. The summed E-state index contributed by atoms with van der Waals surface area (Å²) in [6.07, 6.45) is 3.70. The molecule has 0 nitrogen and oxygen atoms in total. The van der Waals surface area contributed by atoms with Gasteiger partial charge in [-0.1, -0.05) is 40.2 Å². The highest BCUT2D eigenvalue weighted by molar-refractivity contribution is 9.10. The second-order valence-electron chi connectivity index (χ2n) is 5.31. The summed E-state index contributed by atoms with van der Waals surface area (Å²) in [6, 6.07) is 13.1. The van der Waals surface area contributed by atoms with Crippen LogP contribution in [-0.4, -0.2) is 0 Å². The van der Waals surface area contributed by atoms with Crippen molar-refractivity contribution in [3.63, 3.8) is 0 Å². The molecule has 0 aliphatic heterocycles. The Hall–Kier alpha value is -0.790. The molecule has 2 aromatic rings. The van der Waals surface area contributed by atoms with Crippen LogP contribution >= 0.6 is 27.5 Å². The molecule has 0 amide bonds. The summed E-state index contributed by atoms with van der Waals surface area (Å²) >= 11 is 10.2. The Kier molecular flexibility index (Phi) is 3.68. The van der Waals surface area contributed by atoms with Gasteiger partial charge in [-0.15, -0.1) is 11.6 Å². The van der Waals surface area contributed by atoms with Gasteiger partial charge in [0.15, 0.2) is 0 Å². The Balaban J connectivity index is 1.97. The van der Waals surface area contributed by atoms with E-state index in [0.717, 1.165) is 10.0 Å². The van der Waals surface area contributed by atoms with Gasteiger partial charge >= 0.3 is 0 Å². The molecule has 0 aromatic heterocycles. The van der Waals surface area contributed by atoms with Crippen molar-refractivity contribution in [3.8, 4) is 0 Å². The summed E-state index contributed by atoms with van der Waals surface area (Å²) in [5.74, 6) is 0. The van der Waals surface area contributed by atoms with E-state index in [9.17, 15) is 0 Å². The van der Waals surface area contributed by atoms with Crippen molar-refractivity contribution >= 4 is 27.5 Å². The molecule has 2 heteroatoms. The second-order valence-corrected chi connectivity index (χ2v) is 6.66. The summed E-state index contributed by atoms with van der Waals surface area (Å²) in [5.41, 5.74) is 6.58. The average molecular weight is 336 g/mol. The quantitative estimate of drug-likeness (QED) is 0.629. The summed E-state index contributed by atoms with van der Waals surface area (Å²) in [7, 11) is 0. The molecule has 0 spiro atoms. The third-order valence-corrected chi connectivity index (χ3v) is 4.73. The SMILES string of the molecule is Cc1cc(Br)cc(C(Cl)c2ccc3c(c2)CCC3)c1. The molecule has 2 aromatic carbocycles. The van der Waals surface area contributed by atoms with E-state index < -0.39 is 0 Å². The van der Waals surface area contributed by atoms with Gasteiger partial charge in [0.05, 0.1) is 5.38 Å². The fourth-order valence-electron chi connectivity index (χ4n) is 2.85. The fraction of sp³-hybridized carbons (Fsp3) is 0.294. The van der Waals surface area contributed by atoms with E-state index in [4.69, 9.17) is 11.6 Å². The lowest BCUT2D eigenvalue weighted by Crippen LogP contribution is -1.96. The number of halogens is 2. The average Bonchev–Trinajstić information content (AvgIpc) is 2.83. The molecular weight excluding hydrogens is 320 g/mol. The normalized spacial score (nSPS) is 15.3.